The molecule has 0 bridgehead atoms. The minimum Gasteiger partial charge on any atom is -0.184 e. The fraction of sp³-hybridized carbons (Fsp3) is 0.333. The maximum absolute atomic E-state index is 3.13. The van der Waals surface area contributed by atoms with Crippen molar-refractivity contribution in [3.05, 3.63) is 71.8 Å². The standard InChI is InChI=1S/C18H18.2Y/c1-4-10-16(11-5-1)18(14-8-3-9-15-18)17-12-6-2-7-13-17;;/h4-7,10-13H,3,8-9,14-15H2;;/q-2;;. The van der Waals surface area contributed by atoms with Crippen LogP contribution in [0.1, 0.15) is 43.2 Å². The van der Waals surface area contributed by atoms with Crippen molar-refractivity contribution in [2.75, 3.05) is 0 Å². The number of hydrogen-bond donors (Lipinski definition) is 0. The molecule has 98 valence electrons. The van der Waals surface area contributed by atoms with Crippen LogP contribution in [-0.2, 0) is 70.8 Å². The molecule has 0 amide bonds. The molecule has 1 saturated carbocycles. The number of rotatable bonds is 2. The van der Waals surface area contributed by atoms with Gasteiger partial charge in [0.1, 0.15) is 0 Å². The Kier molecular flexibility index (Phi) is 8.36. The van der Waals surface area contributed by atoms with Crippen molar-refractivity contribution < 1.29 is 65.4 Å². The molecule has 2 aromatic rings. The van der Waals surface area contributed by atoms with Crippen molar-refractivity contribution >= 4 is 0 Å². The van der Waals surface area contributed by atoms with Crippen LogP contribution in [0, 0.1) is 12.1 Å². The van der Waals surface area contributed by atoms with Gasteiger partial charge in [0, 0.05) is 65.4 Å². The first kappa shape index (κ1) is 18.7. The molecule has 20 heavy (non-hydrogen) atoms. The molecule has 1 aliphatic carbocycles. The Morgan fingerprint density at radius 2 is 1.05 bits per heavy atom. The first-order valence-corrected chi connectivity index (χ1v) is 6.85. The van der Waals surface area contributed by atoms with E-state index < -0.39 is 0 Å². The van der Waals surface area contributed by atoms with Gasteiger partial charge < -0.3 is 0 Å². The molecule has 0 atom stereocenters. The molecule has 2 heteroatoms. The summed E-state index contributed by atoms with van der Waals surface area (Å²) < 4.78 is 0. The summed E-state index contributed by atoms with van der Waals surface area (Å²) in [5, 5.41) is 0. The van der Waals surface area contributed by atoms with Crippen LogP contribution in [-0.4, -0.2) is 0 Å². The summed E-state index contributed by atoms with van der Waals surface area (Å²) in [6.07, 6.45) is 6.57. The minimum atomic E-state index is 0. The van der Waals surface area contributed by atoms with Crippen LogP contribution in [0.2, 0.25) is 0 Å². The van der Waals surface area contributed by atoms with E-state index >= 15 is 0 Å². The topological polar surface area (TPSA) is 0 Å². The third-order valence-electron chi connectivity index (χ3n) is 4.25. The molecule has 0 saturated heterocycles. The van der Waals surface area contributed by atoms with Gasteiger partial charge in [-0.3, -0.25) is 0 Å². The van der Waals surface area contributed by atoms with Gasteiger partial charge in [-0.25, -0.2) is 0 Å². The molecule has 0 N–H and O–H groups in total. The van der Waals surface area contributed by atoms with Gasteiger partial charge in [0.05, 0.1) is 0 Å². The van der Waals surface area contributed by atoms with E-state index in [4.69, 9.17) is 0 Å². The molecule has 0 spiro atoms. The first-order chi connectivity index (χ1) is 8.92. The summed E-state index contributed by atoms with van der Waals surface area (Å²) in [5.74, 6) is 0. The maximum Gasteiger partial charge on any atom is 0 e. The minimum absolute atomic E-state index is 0. The molecule has 0 unspecified atom stereocenters. The normalized spacial score (nSPS) is 16.6. The summed E-state index contributed by atoms with van der Waals surface area (Å²) in [6.45, 7) is 0. The second kappa shape index (κ2) is 8.94. The van der Waals surface area contributed by atoms with Crippen LogP contribution < -0.4 is 0 Å². The third kappa shape index (κ3) is 3.89. The fourth-order valence-electron chi connectivity index (χ4n) is 3.31. The molecule has 2 radical (unpaired) electrons. The maximum atomic E-state index is 3.13. The summed E-state index contributed by atoms with van der Waals surface area (Å²) >= 11 is 0. The van der Waals surface area contributed by atoms with Gasteiger partial charge in [-0.1, -0.05) is 19.3 Å². The Morgan fingerprint density at radius 3 is 1.45 bits per heavy atom. The predicted molar refractivity (Wildman–Crippen MR) is 74.4 cm³/mol. The third-order valence-corrected chi connectivity index (χ3v) is 4.25. The van der Waals surface area contributed by atoms with Gasteiger partial charge in [-0.15, -0.1) is 11.1 Å². The van der Waals surface area contributed by atoms with E-state index in [-0.39, 0.29) is 70.8 Å². The van der Waals surface area contributed by atoms with Gasteiger partial charge in [-0.2, -0.15) is 60.7 Å². The summed E-state index contributed by atoms with van der Waals surface area (Å²) in [6, 6.07) is 23.4. The Balaban J connectivity index is 0.000001000. The van der Waals surface area contributed by atoms with E-state index in [0.717, 1.165) is 0 Å². The molecule has 3 rings (SSSR count). The van der Waals surface area contributed by atoms with Crippen LogP contribution in [0.4, 0.5) is 0 Å². The zero-order valence-electron chi connectivity index (χ0n) is 11.8. The van der Waals surface area contributed by atoms with Crippen LogP contribution in [0.3, 0.4) is 0 Å². The SMILES string of the molecule is [Y].[Y].[c-]1ccc(C2(c3cc[c-]cc3)CCCCC2)cc1. The Labute approximate surface area is 172 Å². The molecule has 0 aromatic heterocycles. The molecule has 0 heterocycles. The van der Waals surface area contributed by atoms with Crippen LogP contribution >= 0.6 is 0 Å². The van der Waals surface area contributed by atoms with Crippen LogP contribution in [0.25, 0.3) is 0 Å². The Morgan fingerprint density at radius 1 is 0.650 bits per heavy atom. The molecule has 1 fully saturated rings. The van der Waals surface area contributed by atoms with Gasteiger partial charge in [0.25, 0.3) is 0 Å². The van der Waals surface area contributed by atoms with Crippen molar-refractivity contribution in [3.63, 3.8) is 0 Å². The van der Waals surface area contributed by atoms with E-state index in [1.54, 1.807) is 0 Å². The Bertz CT molecular complexity index is 446. The van der Waals surface area contributed by atoms with E-state index in [2.05, 4.69) is 36.4 Å². The largest absolute Gasteiger partial charge is 0.184 e. The summed E-state index contributed by atoms with van der Waals surface area (Å²) in [7, 11) is 0. The smallest absolute Gasteiger partial charge is 0 e. The Hall–Kier alpha value is 0.648. The number of benzene rings is 2. The molecule has 0 nitrogen and oxygen atoms in total. The average Bonchev–Trinajstić information content (AvgIpc) is 2.50. The van der Waals surface area contributed by atoms with Gasteiger partial charge in [-0.05, 0) is 18.3 Å². The average molecular weight is 412 g/mol. The van der Waals surface area contributed by atoms with Crippen molar-refractivity contribution in [2.24, 2.45) is 0 Å². The quantitative estimate of drug-likeness (QED) is 0.636. The van der Waals surface area contributed by atoms with Gasteiger partial charge in [0.15, 0.2) is 0 Å². The van der Waals surface area contributed by atoms with E-state index in [0.29, 0.717) is 0 Å². The van der Waals surface area contributed by atoms with Crippen molar-refractivity contribution in [1.82, 2.24) is 0 Å². The van der Waals surface area contributed by atoms with Gasteiger partial charge >= 0.3 is 0 Å². The zero-order chi connectivity index (χ0) is 12.3. The van der Waals surface area contributed by atoms with E-state index in [1.165, 1.54) is 43.2 Å². The molecule has 1 aliphatic rings. The van der Waals surface area contributed by atoms with Crippen molar-refractivity contribution in [3.8, 4) is 0 Å². The molecular weight excluding hydrogens is 394 g/mol. The zero-order valence-corrected chi connectivity index (χ0v) is 17.5. The van der Waals surface area contributed by atoms with Crippen LogP contribution in [0.15, 0.2) is 48.5 Å². The number of hydrogen-bond acceptors (Lipinski definition) is 0. The second-order valence-corrected chi connectivity index (χ2v) is 5.22. The molecule has 2 aromatic carbocycles. The predicted octanol–water partition coefficient (Wildman–Crippen LogP) is 4.53. The van der Waals surface area contributed by atoms with Crippen molar-refractivity contribution in [1.29, 1.82) is 0 Å². The van der Waals surface area contributed by atoms with E-state index in [1.807, 2.05) is 24.3 Å². The summed E-state index contributed by atoms with van der Waals surface area (Å²) in [4.78, 5) is 0. The van der Waals surface area contributed by atoms with Gasteiger partial charge in [0.2, 0.25) is 0 Å². The monoisotopic (exact) mass is 412 g/mol. The first-order valence-electron chi connectivity index (χ1n) is 6.85. The second-order valence-electron chi connectivity index (χ2n) is 5.22. The molecular formula is C18H18Y2-2. The molecule has 0 aliphatic heterocycles. The van der Waals surface area contributed by atoms with Crippen molar-refractivity contribution in [2.45, 2.75) is 37.5 Å². The summed E-state index contributed by atoms with van der Waals surface area (Å²) in [5.41, 5.74) is 3.13. The van der Waals surface area contributed by atoms with E-state index in [9.17, 15) is 0 Å². The van der Waals surface area contributed by atoms with Crippen LogP contribution in [0.5, 0.6) is 0 Å². The fourth-order valence-corrected chi connectivity index (χ4v) is 3.31.